The number of nitrogens with two attached hydrogens (primary N) is 1. The molecule has 2 amide bonds. The van der Waals surface area contributed by atoms with Gasteiger partial charge in [0.05, 0.1) is 0 Å². The van der Waals surface area contributed by atoms with Crippen LogP contribution in [0.4, 0.5) is 4.79 Å². The highest BCUT2D eigenvalue weighted by atomic mass is 16.2. The maximum absolute atomic E-state index is 10.5. The second kappa shape index (κ2) is 20.3. The third kappa shape index (κ3) is 21.0. The van der Waals surface area contributed by atoms with Gasteiger partial charge in [0.2, 0.25) is 0 Å². The molecule has 4 heteroatoms. The molecular formula is C22H43N3O. The normalized spacial score (nSPS) is 11.7. The van der Waals surface area contributed by atoms with Gasteiger partial charge in [0.1, 0.15) is 0 Å². The summed E-state index contributed by atoms with van der Waals surface area (Å²) < 4.78 is 0. The first-order chi connectivity index (χ1) is 12.7. The summed E-state index contributed by atoms with van der Waals surface area (Å²) in [6.07, 6.45) is 23.6. The number of rotatable bonds is 19. The summed E-state index contributed by atoms with van der Waals surface area (Å²) in [6.45, 7) is 7.69. The quantitative estimate of drug-likeness (QED) is 0.149. The van der Waals surface area contributed by atoms with Crippen molar-refractivity contribution in [2.24, 2.45) is 10.8 Å². The van der Waals surface area contributed by atoms with Crippen molar-refractivity contribution in [1.82, 2.24) is 5.43 Å². The van der Waals surface area contributed by atoms with E-state index in [0.717, 1.165) is 19.3 Å². The van der Waals surface area contributed by atoms with E-state index in [1.54, 1.807) is 0 Å². The predicted molar refractivity (Wildman–Crippen MR) is 114 cm³/mol. The molecule has 0 heterocycles. The van der Waals surface area contributed by atoms with Gasteiger partial charge in [0.25, 0.3) is 0 Å². The molecule has 152 valence electrons. The minimum absolute atomic E-state index is 0.633. The zero-order valence-corrected chi connectivity index (χ0v) is 17.1. The summed E-state index contributed by atoms with van der Waals surface area (Å²) in [5.74, 6) is 0. The molecule has 0 rings (SSSR count). The monoisotopic (exact) mass is 365 g/mol. The highest BCUT2D eigenvalue weighted by molar-refractivity contribution is 5.89. The van der Waals surface area contributed by atoms with E-state index in [1.807, 2.05) is 0 Å². The number of carbonyl (C=O) groups excluding carboxylic acids is 1. The molecule has 0 atom stereocenters. The third-order valence-electron chi connectivity index (χ3n) is 4.79. The lowest BCUT2D eigenvalue weighted by atomic mass is 10.0. The van der Waals surface area contributed by atoms with Gasteiger partial charge in [0, 0.05) is 5.71 Å². The van der Waals surface area contributed by atoms with Crippen LogP contribution in [0.1, 0.15) is 116 Å². The summed E-state index contributed by atoms with van der Waals surface area (Å²) in [5, 5.41) is 3.81. The maximum atomic E-state index is 10.5. The van der Waals surface area contributed by atoms with Crippen molar-refractivity contribution in [1.29, 1.82) is 0 Å². The molecule has 0 aliphatic heterocycles. The number of hydrogen-bond donors (Lipinski definition) is 2. The summed E-state index contributed by atoms with van der Waals surface area (Å²) in [4.78, 5) is 10.5. The number of hydrazone groups is 1. The average molecular weight is 366 g/mol. The van der Waals surface area contributed by atoms with Crippen molar-refractivity contribution in [2.75, 3.05) is 0 Å². The lowest BCUT2D eigenvalue weighted by molar-refractivity contribution is 0.249. The minimum Gasteiger partial charge on any atom is -0.350 e. The van der Waals surface area contributed by atoms with Gasteiger partial charge in [0.15, 0.2) is 0 Å². The molecule has 0 saturated carbocycles. The molecule has 0 aromatic heterocycles. The second-order valence-corrected chi connectivity index (χ2v) is 7.41. The molecule has 26 heavy (non-hydrogen) atoms. The Bertz CT molecular complexity index is 342. The van der Waals surface area contributed by atoms with Crippen molar-refractivity contribution < 1.29 is 4.79 Å². The smallest absolute Gasteiger partial charge is 0.332 e. The van der Waals surface area contributed by atoms with Gasteiger partial charge >= 0.3 is 6.03 Å². The van der Waals surface area contributed by atoms with E-state index >= 15 is 0 Å². The molecule has 3 N–H and O–H groups in total. The Balaban J connectivity index is 3.13. The fourth-order valence-electron chi connectivity index (χ4n) is 3.17. The van der Waals surface area contributed by atoms with Crippen molar-refractivity contribution in [3.05, 3.63) is 13.8 Å². The lowest BCUT2D eigenvalue weighted by Crippen LogP contribution is -2.25. The van der Waals surface area contributed by atoms with Crippen LogP contribution in [0.2, 0.25) is 0 Å². The van der Waals surface area contributed by atoms with Crippen LogP contribution < -0.4 is 11.2 Å². The molecule has 0 saturated heterocycles. The molecule has 0 bridgehead atoms. The Labute approximate surface area is 162 Å². The molecule has 0 aliphatic rings. The van der Waals surface area contributed by atoms with Gasteiger partial charge in [-0.3, -0.25) is 0 Å². The van der Waals surface area contributed by atoms with E-state index in [9.17, 15) is 4.79 Å². The van der Waals surface area contributed by atoms with Crippen LogP contribution in [0.15, 0.2) is 5.10 Å². The molecule has 4 nitrogen and oxygen atoms in total. The van der Waals surface area contributed by atoms with Crippen LogP contribution in [0.25, 0.3) is 0 Å². The van der Waals surface area contributed by atoms with Crippen molar-refractivity contribution >= 4 is 11.7 Å². The van der Waals surface area contributed by atoms with E-state index in [1.165, 1.54) is 96.3 Å². The summed E-state index contributed by atoms with van der Waals surface area (Å²) in [5.41, 5.74) is 7.86. The Morgan fingerprint density at radius 2 is 1.04 bits per heavy atom. The molecule has 0 spiro atoms. The highest BCUT2D eigenvalue weighted by Gasteiger charge is 1.96. The zero-order chi connectivity index (χ0) is 19.3. The van der Waals surface area contributed by atoms with E-state index in [-0.39, 0.29) is 0 Å². The van der Waals surface area contributed by atoms with Gasteiger partial charge in [-0.25, -0.2) is 10.2 Å². The van der Waals surface area contributed by atoms with Crippen molar-refractivity contribution in [2.45, 2.75) is 116 Å². The van der Waals surface area contributed by atoms with Crippen molar-refractivity contribution in [3.63, 3.8) is 0 Å². The topological polar surface area (TPSA) is 67.5 Å². The molecule has 0 aliphatic carbocycles. The Morgan fingerprint density at radius 3 is 1.38 bits per heavy atom. The maximum Gasteiger partial charge on any atom is 0.332 e. The van der Waals surface area contributed by atoms with Crippen LogP contribution in [0.3, 0.4) is 0 Å². The Hall–Kier alpha value is -1.06. The first-order valence-corrected chi connectivity index (χ1v) is 10.9. The molecule has 0 unspecified atom stereocenters. The molecule has 0 aromatic carbocycles. The van der Waals surface area contributed by atoms with Crippen LogP contribution in [0.5, 0.6) is 0 Å². The largest absolute Gasteiger partial charge is 0.350 e. The molecule has 0 fully saturated rings. The second-order valence-electron chi connectivity index (χ2n) is 7.41. The van der Waals surface area contributed by atoms with Gasteiger partial charge in [-0.15, -0.1) is 0 Å². The number of carbonyl (C=O) groups is 1. The number of hydrogen-bond acceptors (Lipinski definition) is 2. The fourth-order valence-corrected chi connectivity index (χ4v) is 3.17. The number of primary amides is 1. The van der Waals surface area contributed by atoms with Gasteiger partial charge in [-0.2, -0.15) is 5.10 Å². The van der Waals surface area contributed by atoms with Gasteiger partial charge < -0.3 is 5.73 Å². The molecule has 0 aromatic rings. The first kappa shape index (κ1) is 24.9. The van der Waals surface area contributed by atoms with E-state index in [0.29, 0.717) is 5.71 Å². The fraction of sp³-hybridized carbons (Fsp3) is 0.818. The molecule has 2 radical (unpaired) electrons. The van der Waals surface area contributed by atoms with Crippen LogP contribution in [0, 0.1) is 13.8 Å². The number of urea groups is 1. The van der Waals surface area contributed by atoms with Gasteiger partial charge in [-0.05, 0) is 19.8 Å². The number of nitrogens with one attached hydrogen (secondary N) is 1. The Morgan fingerprint density at radius 1 is 0.692 bits per heavy atom. The average Bonchev–Trinajstić information content (AvgIpc) is 2.62. The summed E-state index contributed by atoms with van der Waals surface area (Å²) in [7, 11) is 0. The third-order valence-corrected chi connectivity index (χ3v) is 4.79. The van der Waals surface area contributed by atoms with Crippen molar-refractivity contribution in [3.8, 4) is 0 Å². The van der Waals surface area contributed by atoms with Crippen LogP contribution in [-0.2, 0) is 0 Å². The SMILES string of the molecule is [CH2]CCCCCCCCCCCCCCCCCCC([CH2])=NNC(N)=O. The van der Waals surface area contributed by atoms with E-state index < -0.39 is 6.03 Å². The zero-order valence-electron chi connectivity index (χ0n) is 17.1. The number of amides is 2. The number of unbranched alkanes of at least 4 members (excludes halogenated alkanes) is 16. The summed E-state index contributed by atoms with van der Waals surface area (Å²) >= 11 is 0. The number of nitrogens with zero attached hydrogens (tertiary/aromatic N) is 1. The predicted octanol–water partition coefficient (Wildman–Crippen LogP) is 6.70. The van der Waals surface area contributed by atoms with Gasteiger partial charge in [-0.1, -0.05) is 110 Å². The summed E-state index contributed by atoms with van der Waals surface area (Å²) in [6, 6.07) is -0.633. The lowest BCUT2D eigenvalue weighted by Gasteiger charge is -2.04. The van der Waals surface area contributed by atoms with Crippen LogP contribution >= 0.6 is 0 Å². The standard InChI is InChI=1S/C22H43N3O/c1-3-4-5-6-7-8-9-10-11-12-13-14-15-16-17-18-19-20-21(2)24-25-22(23)26/h1-20H2,(H3,23,25,26). The molecular weight excluding hydrogens is 322 g/mol. The first-order valence-electron chi connectivity index (χ1n) is 10.9. The Kier molecular flexibility index (Phi) is 19.4. The van der Waals surface area contributed by atoms with E-state index in [4.69, 9.17) is 5.73 Å². The minimum atomic E-state index is -0.633. The van der Waals surface area contributed by atoms with E-state index in [2.05, 4.69) is 24.4 Å². The van der Waals surface area contributed by atoms with Crippen LogP contribution in [-0.4, -0.2) is 11.7 Å². The highest BCUT2D eigenvalue weighted by Crippen LogP contribution is 2.14.